The Morgan fingerprint density at radius 1 is 1.60 bits per heavy atom. The van der Waals surface area contributed by atoms with E-state index >= 15 is 0 Å². The number of thiophene rings is 1. The van der Waals surface area contributed by atoms with E-state index in [-0.39, 0.29) is 24.2 Å². The molecule has 1 fully saturated rings. The third-order valence-corrected chi connectivity index (χ3v) is 4.50. The van der Waals surface area contributed by atoms with Crippen LogP contribution in [-0.4, -0.2) is 30.4 Å². The maximum absolute atomic E-state index is 12.5. The van der Waals surface area contributed by atoms with Gasteiger partial charge in [-0.2, -0.15) is 0 Å². The Morgan fingerprint density at radius 3 is 2.95 bits per heavy atom. The van der Waals surface area contributed by atoms with Crippen molar-refractivity contribution in [2.75, 3.05) is 19.6 Å². The fourth-order valence-electron chi connectivity index (χ4n) is 2.33. The van der Waals surface area contributed by atoms with Crippen molar-refractivity contribution in [2.45, 2.75) is 19.4 Å². The molecule has 1 unspecified atom stereocenters. The summed E-state index contributed by atoms with van der Waals surface area (Å²) in [4.78, 5) is 15.5. The monoisotopic (exact) mass is 334 g/mol. The molecule has 0 aromatic carbocycles. The molecule has 2 rings (SSSR count). The van der Waals surface area contributed by atoms with Gasteiger partial charge in [-0.05, 0) is 31.5 Å². The average molecular weight is 335 g/mol. The van der Waals surface area contributed by atoms with Gasteiger partial charge in [-0.15, -0.1) is 30.3 Å². The average Bonchev–Trinajstić information content (AvgIpc) is 2.84. The van der Waals surface area contributed by atoms with Gasteiger partial charge < -0.3 is 10.2 Å². The largest absolute Gasteiger partial charge is 0.334 e. The topological polar surface area (TPSA) is 32.3 Å². The van der Waals surface area contributed by atoms with Gasteiger partial charge in [0, 0.05) is 18.0 Å². The molecule has 20 heavy (non-hydrogen) atoms. The zero-order valence-corrected chi connectivity index (χ0v) is 13.7. The number of hydrogen-bond acceptors (Lipinski definition) is 3. The van der Waals surface area contributed by atoms with Crippen molar-refractivity contribution in [1.29, 1.82) is 0 Å². The third kappa shape index (κ3) is 4.77. The van der Waals surface area contributed by atoms with Crippen LogP contribution in [0, 0.1) is 5.92 Å². The quantitative estimate of drug-likeness (QED) is 0.837. The standard InChI is InChI=1S/C14H19ClN2OS.ClH/c1-2-8-17(10-12-5-6-13(15)19-12)14(18)11-4-3-7-16-9-11;/h2,5-6,11,16H,1,3-4,7-10H2;1H. The molecule has 112 valence electrons. The third-order valence-electron chi connectivity index (χ3n) is 3.28. The molecule has 2 heterocycles. The second-order valence-electron chi connectivity index (χ2n) is 4.76. The van der Waals surface area contributed by atoms with Crippen molar-refractivity contribution in [1.82, 2.24) is 10.2 Å². The van der Waals surface area contributed by atoms with Gasteiger partial charge in [0.15, 0.2) is 0 Å². The first-order valence-corrected chi connectivity index (χ1v) is 7.74. The highest BCUT2D eigenvalue weighted by atomic mass is 35.5. The Kier molecular flexibility index (Phi) is 7.59. The molecule has 1 atom stereocenters. The van der Waals surface area contributed by atoms with Gasteiger partial charge >= 0.3 is 0 Å². The maximum atomic E-state index is 12.5. The first-order chi connectivity index (χ1) is 9.20. The van der Waals surface area contributed by atoms with Crippen LogP contribution in [-0.2, 0) is 11.3 Å². The summed E-state index contributed by atoms with van der Waals surface area (Å²) in [6.07, 6.45) is 3.83. The molecule has 1 N–H and O–H groups in total. The van der Waals surface area contributed by atoms with Crippen molar-refractivity contribution < 1.29 is 4.79 Å². The van der Waals surface area contributed by atoms with Crippen molar-refractivity contribution in [3.63, 3.8) is 0 Å². The molecular formula is C14H20Cl2N2OS. The van der Waals surface area contributed by atoms with Crippen molar-refractivity contribution in [3.8, 4) is 0 Å². The van der Waals surface area contributed by atoms with Crippen LogP contribution in [0.15, 0.2) is 24.8 Å². The maximum Gasteiger partial charge on any atom is 0.227 e. The van der Waals surface area contributed by atoms with Gasteiger partial charge in [0.2, 0.25) is 5.91 Å². The molecule has 1 aromatic heterocycles. The van der Waals surface area contributed by atoms with Crippen molar-refractivity contribution >= 4 is 41.3 Å². The Bertz CT molecular complexity index is 444. The van der Waals surface area contributed by atoms with E-state index in [1.54, 1.807) is 6.08 Å². The Hall–Kier alpha value is -0.550. The highest BCUT2D eigenvalue weighted by molar-refractivity contribution is 7.16. The number of carbonyl (C=O) groups is 1. The fourth-order valence-corrected chi connectivity index (χ4v) is 3.44. The number of nitrogens with one attached hydrogen (secondary N) is 1. The first kappa shape index (κ1) is 17.5. The predicted molar refractivity (Wildman–Crippen MR) is 87.8 cm³/mol. The lowest BCUT2D eigenvalue weighted by atomic mass is 9.98. The second kappa shape index (κ2) is 8.67. The summed E-state index contributed by atoms with van der Waals surface area (Å²) in [6.45, 7) is 6.76. The molecule has 0 saturated carbocycles. The number of halogens is 2. The van der Waals surface area contributed by atoms with Crippen LogP contribution in [0.1, 0.15) is 17.7 Å². The molecule has 1 aliphatic rings. The molecule has 3 nitrogen and oxygen atoms in total. The summed E-state index contributed by atoms with van der Waals surface area (Å²) in [5.74, 6) is 0.320. The van der Waals surface area contributed by atoms with E-state index in [1.165, 1.54) is 11.3 Å². The van der Waals surface area contributed by atoms with E-state index < -0.39 is 0 Å². The highest BCUT2D eigenvalue weighted by Crippen LogP contribution is 2.24. The molecule has 0 radical (unpaired) electrons. The van der Waals surface area contributed by atoms with Gasteiger partial charge in [0.05, 0.1) is 16.8 Å². The zero-order chi connectivity index (χ0) is 13.7. The van der Waals surface area contributed by atoms with Gasteiger partial charge in [0.25, 0.3) is 0 Å². The van der Waals surface area contributed by atoms with Gasteiger partial charge in [-0.1, -0.05) is 17.7 Å². The first-order valence-electron chi connectivity index (χ1n) is 6.55. The van der Waals surface area contributed by atoms with Crippen LogP contribution < -0.4 is 5.32 Å². The van der Waals surface area contributed by atoms with E-state index in [4.69, 9.17) is 11.6 Å². The number of nitrogens with zero attached hydrogens (tertiary/aromatic N) is 1. The van der Waals surface area contributed by atoms with Gasteiger partial charge in [-0.25, -0.2) is 0 Å². The fraction of sp³-hybridized carbons (Fsp3) is 0.500. The Labute approximate surface area is 135 Å². The molecule has 0 aliphatic carbocycles. The SMILES string of the molecule is C=CCN(Cc1ccc(Cl)s1)C(=O)C1CCCNC1.Cl. The number of carbonyl (C=O) groups excluding carboxylic acids is 1. The summed E-state index contributed by atoms with van der Waals surface area (Å²) in [5, 5.41) is 3.29. The minimum Gasteiger partial charge on any atom is -0.334 e. The number of hydrogen-bond donors (Lipinski definition) is 1. The number of piperidine rings is 1. The summed E-state index contributed by atoms with van der Waals surface area (Å²) in [6, 6.07) is 3.86. The normalized spacial score (nSPS) is 18.1. The molecule has 1 aromatic rings. The zero-order valence-electron chi connectivity index (χ0n) is 11.3. The molecule has 6 heteroatoms. The van der Waals surface area contributed by atoms with Crippen LogP contribution in [0.4, 0.5) is 0 Å². The summed E-state index contributed by atoms with van der Waals surface area (Å²) in [7, 11) is 0. The smallest absolute Gasteiger partial charge is 0.227 e. The molecule has 0 bridgehead atoms. The Balaban J connectivity index is 0.00000200. The second-order valence-corrected chi connectivity index (χ2v) is 6.56. The van der Waals surface area contributed by atoms with Crippen LogP contribution in [0.3, 0.4) is 0 Å². The van der Waals surface area contributed by atoms with E-state index in [0.717, 1.165) is 35.1 Å². The lowest BCUT2D eigenvalue weighted by molar-refractivity contribution is -0.136. The molecule has 1 amide bonds. The minimum absolute atomic E-state index is 0. The summed E-state index contributed by atoms with van der Waals surface area (Å²) in [5.41, 5.74) is 0. The van der Waals surface area contributed by atoms with E-state index in [0.29, 0.717) is 13.1 Å². The predicted octanol–water partition coefficient (Wildman–Crippen LogP) is 3.34. The lowest BCUT2D eigenvalue weighted by Gasteiger charge is -2.28. The van der Waals surface area contributed by atoms with Crippen LogP contribution >= 0.6 is 35.3 Å². The van der Waals surface area contributed by atoms with Crippen LogP contribution in [0.2, 0.25) is 4.34 Å². The molecule has 0 spiro atoms. The lowest BCUT2D eigenvalue weighted by Crippen LogP contribution is -2.42. The van der Waals surface area contributed by atoms with E-state index in [9.17, 15) is 4.79 Å². The van der Waals surface area contributed by atoms with E-state index in [1.807, 2.05) is 17.0 Å². The van der Waals surface area contributed by atoms with Crippen molar-refractivity contribution in [2.24, 2.45) is 5.92 Å². The Morgan fingerprint density at radius 2 is 2.40 bits per heavy atom. The summed E-state index contributed by atoms with van der Waals surface area (Å²) < 4.78 is 0.764. The number of amides is 1. The molecule has 1 saturated heterocycles. The molecule has 1 aliphatic heterocycles. The number of rotatable bonds is 5. The molecular weight excluding hydrogens is 315 g/mol. The van der Waals surface area contributed by atoms with Crippen LogP contribution in [0.25, 0.3) is 0 Å². The van der Waals surface area contributed by atoms with E-state index in [2.05, 4.69) is 11.9 Å². The minimum atomic E-state index is 0. The van der Waals surface area contributed by atoms with Gasteiger partial charge in [0.1, 0.15) is 0 Å². The van der Waals surface area contributed by atoms with Crippen molar-refractivity contribution in [3.05, 3.63) is 34.0 Å². The summed E-state index contributed by atoms with van der Waals surface area (Å²) >= 11 is 7.46. The van der Waals surface area contributed by atoms with Gasteiger partial charge in [-0.3, -0.25) is 4.79 Å². The highest BCUT2D eigenvalue weighted by Gasteiger charge is 2.25. The van der Waals surface area contributed by atoms with Crippen LogP contribution in [0.5, 0.6) is 0 Å².